The summed E-state index contributed by atoms with van der Waals surface area (Å²) in [5.41, 5.74) is 2.39. The molecule has 2 fully saturated rings. The van der Waals surface area contributed by atoms with Crippen molar-refractivity contribution in [2.75, 3.05) is 25.0 Å². The molecule has 1 aromatic rings. The van der Waals surface area contributed by atoms with Crippen molar-refractivity contribution >= 4 is 11.7 Å². The first kappa shape index (κ1) is 19.2. The molecule has 2 N–H and O–H groups in total. The van der Waals surface area contributed by atoms with Gasteiger partial charge in [0.25, 0.3) is 0 Å². The third-order valence-electron chi connectivity index (χ3n) is 6.05. The molecule has 0 atom stereocenters. The summed E-state index contributed by atoms with van der Waals surface area (Å²) in [5.74, 6) is 0. The van der Waals surface area contributed by atoms with Crippen molar-refractivity contribution in [3.63, 3.8) is 0 Å². The van der Waals surface area contributed by atoms with Crippen LogP contribution < -0.4 is 10.6 Å². The van der Waals surface area contributed by atoms with Gasteiger partial charge in [0.05, 0.1) is 5.54 Å². The quantitative estimate of drug-likeness (QED) is 0.582. The van der Waals surface area contributed by atoms with Crippen LogP contribution in [0.3, 0.4) is 0 Å². The molecule has 0 aromatic heterocycles. The molecule has 2 amide bonds. The molecule has 2 heterocycles. The highest BCUT2D eigenvalue weighted by Crippen LogP contribution is 2.34. The summed E-state index contributed by atoms with van der Waals surface area (Å²) in [4.78, 5) is 14.4. The van der Waals surface area contributed by atoms with E-state index in [0.29, 0.717) is 0 Å². The first-order chi connectivity index (χ1) is 12.7. The molecule has 0 radical (unpaired) electrons. The lowest BCUT2D eigenvalue weighted by Crippen LogP contribution is -2.77. The van der Waals surface area contributed by atoms with Crippen LogP contribution in [0, 0.1) is 0 Å². The van der Waals surface area contributed by atoms with Crippen LogP contribution in [-0.4, -0.2) is 36.1 Å². The standard InChI is InChI=1S/C22H35N3O/c1-2-3-4-5-6-7-8-9-10-19-11-13-20(14-12-19)24-21(26)25-16-15-22(25)17-23-18-22/h11-14,23H,2-10,15-18H2,1H3,(H,24,26). The molecule has 4 heteroatoms. The molecule has 0 bridgehead atoms. The molecule has 3 rings (SSSR count). The first-order valence-corrected chi connectivity index (χ1v) is 10.6. The topological polar surface area (TPSA) is 44.4 Å². The number of likely N-dealkylation sites (tertiary alicyclic amines) is 1. The van der Waals surface area contributed by atoms with Gasteiger partial charge in [-0.15, -0.1) is 0 Å². The summed E-state index contributed by atoms with van der Waals surface area (Å²) in [5, 5.41) is 6.33. The Morgan fingerprint density at radius 1 is 1.04 bits per heavy atom. The maximum absolute atomic E-state index is 12.4. The van der Waals surface area contributed by atoms with E-state index in [1.165, 1.54) is 56.9 Å². The van der Waals surface area contributed by atoms with E-state index in [4.69, 9.17) is 0 Å². The average Bonchev–Trinajstić information content (AvgIpc) is 2.56. The Hall–Kier alpha value is -1.55. The zero-order valence-corrected chi connectivity index (χ0v) is 16.4. The van der Waals surface area contributed by atoms with E-state index in [1.54, 1.807) is 0 Å². The molecule has 1 spiro atoms. The number of amides is 2. The zero-order valence-electron chi connectivity index (χ0n) is 16.4. The zero-order chi connectivity index (χ0) is 18.2. The van der Waals surface area contributed by atoms with Crippen molar-refractivity contribution in [1.29, 1.82) is 0 Å². The maximum atomic E-state index is 12.4. The predicted molar refractivity (Wildman–Crippen MR) is 109 cm³/mol. The third kappa shape index (κ3) is 4.79. The molecule has 26 heavy (non-hydrogen) atoms. The van der Waals surface area contributed by atoms with Crippen molar-refractivity contribution in [3.05, 3.63) is 29.8 Å². The molecule has 2 aliphatic heterocycles. The highest BCUT2D eigenvalue weighted by Gasteiger charge is 2.51. The molecular formula is C22H35N3O. The number of unbranched alkanes of at least 4 members (excludes halogenated alkanes) is 7. The first-order valence-electron chi connectivity index (χ1n) is 10.6. The number of urea groups is 1. The summed E-state index contributed by atoms with van der Waals surface area (Å²) >= 11 is 0. The van der Waals surface area contributed by atoms with E-state index in [-0.39, 0.29) is 11.6 Å². The number of hydrogen-bond acceptors (Lipinski definition) is 2. The maximum Gasteiger partial charge on any atom is 0.322 e. The SMILES string of the molecule is CCCCCCCCCCc1ccc(NC(=O)N2CCC23CNC3)cc1. The van der Waals surface area contributed by atoms with Crippen LogP contribution in [0.2, 0.25) is 0 Å². The molecule has 1 aromatic carbocycles. The fourth-order valence-electron chi connectivity index (χ4n) is 4.05. The fraction of sp³-hybridized carbons (Fsp3) is 0.682. The summed E-state index contributed by atoms with van der Waals surface area (Å²) < 4.78 is 0. The Bertz CT molecular complexity index is 560. The van der Waals surface area contributed by atoms with Crippen molar-refractivity contribution in [1.82, 2.24) is 10.2 Å². The van der Waals surface area contributed by atoms with Crippen molar-refractivity contribution in [2.45, 2.75) is 76.7 Å². The lowest BCUT2D eigenvalue weighted by Gasteiger charge is -2.58. The minimum Gasteiger partial charge on any atom is -0.316 e. The minimum atomic E-state index is 0.0496. The van der Waals surface area contributed by atoms with E-state index >= 15 is 0 Å². The Balaban J connectivity index is 1.31. The van der Waals surface area contributed by atoms with Crippen LogP contribution in [-0.2, 0) is 6.42 Å². The molecule has 4 nitrogen and oxygen atoms in total. The second-order valence-corrected chi connectivity index (χ2v) is 8.08. The fourth-order valence-corrected chi connectivity index (χ4v) is 4.05. The van der Waals surface area contributed by atoms with Gasteiger partial charge in [-0.1, -0.05) is 64.0 Å². The van der Waals surface area contributed by atoms with E-state index in [1.807, 2.05) is 17.0 Å². The van der Waals surface area contributed by atoms with Gasteiger partial charge in [-0.05, 0) is 37.0 Å². The van der Waals surface area contributed by atoms with Crippen molar-refractivity contribution in [2.24, 2.45) is 0 Å². The number of aryl methyl sites for hydroxylation is 1. The van der Waals surface area contributed by atoms with Crippen LogP contribution in [0.15, 0.2) is 24.3 Å². The molecule has 0 unspecified atom stereocenters. The largest absolute Gasteiger partial charge is 0.322 e. The lowest BCUT2D eigenvalue weighted by atomic mass is 9.79. The van der Waals surface area contributed by atoms with Crippen molar-refractivity contribution in [3.8, 4) is 0 Å². The number of rotatable bonds is 10. The Kier molecular flexibility index (Phi) is 6.95. The second-order valence-electron chi connectivity index (χ2n) is 8.08. The normalized spacial score (nSPS) is 17.7. The number of anilines is 1. The van der Waals surface area contributed by atoms with E-state index in [0.717, 1.165) is 38.2 Å². The highest BCUT2D eigenvalue weighted by atomic mass is 16.2. The van der Waals surface area contributed by atoms with Crippen LogP contribution in [0.4, 0.5) is 10.5 Å². The minimum absolute atomic E-state index is 0.0496. The van der Waals surface area contributed by atoms with E-state index < -0.39 is 0 Å². The van der Waals surface area contributed by atoms with Gasteiger partial charge < -0.3 is 15.5 Å². The number of benzene rings is 1. The van der Waals surface area contributed by atoms with Gasteiger partial charge >= 0.3 is 6.03 Å². The molecule has 0 saturated carbocycles. The van der Waals surface area contributed by atoms with Gasteiger partial charge in [0, 0.05) is 25.3 Å². The molecule has 2 aliphatic rings. The Morgan fingerprint density at radius 3 is 2.23 bits per heavy atom. The highest BCUT2D eigenvalue weighted by molar-refractivity contribution is 5.90. The van der Waals surface area contributed by atoms with Crippen LogP contribution in [0.25, 0.3) is 0 Å². The van der Waals surface area contributed by atoms with Crippen LogP contribution in [0.5, 0.6) is 0 Å². The number of hydrogen-bond donors (Lipinski definition) is 2. The van der Waals surface area contributed by atoms with Gasteiger partial charge in [-0.3, -0.25) is 0 Å². The second kappa shape index (κ2) is 9.40. The van der Waals surface area contributed by atoms with Gasteiger partial charge in [0.1, 0.15) is 0 Å². The third-order valence-corrected chi connectivity index (χ3v) is 6.05. The van der Waals surface area contributed by atoms with Crippen LogP contribution in [0.1, 0.15) is 70.3 Å². The molecule has 2 saturated heterocycles. The number of nitrogens with one attached hydrogen (secondary N) is 2. The van der Waals surface area contributed by atoms with Crippen LogP contribution >= 0.6 is 0 Å². The molecule has 0 aliphatic carbocycles. The van der Waals surface area contributed by atoms with Gasteiger partial charge in [-0.25, -0.2) is 4.79 Å². The smallest absolute Gasteiger partial charge is 0.316 e. The molecular weight excluding hydrogens is 322 g/mol. The monoisotopic (exact) mass is 357 g/mol. The number of carbonyl (C=O) groups excluding carboxylic acids is 1. The lowest BCUT2D eigenvalue weighted by molar-refractivity contribution is -0.0115. The average molecular weight is 358 g/mol. The van der Waals surface area contributed by atoms with E-state index in [2.05, 4.69) is 29.7 Å². The summed E-state index contributed by atoms with van der Waals surface area (Å²) in [6, 6.07) is 8.46. The summed E-state index contributed by atoms with van der Waals surface area (Å²) in [6.45, 7) is 5.03. The van der Waals surface area contributed by atoms with Gasteiger partial charge in [0.2, 0.25) is 0 Å². The number of carbonyl (C=O) groups is 1. The van der Waals surface area contributed by atoms with Gasteiger partial charge in [0.15, 0.2) is 0 Å². The van der Waals surface area contributed by atoms with Crippen molar-refractivity contribution < 1.29 is 4.79 Å². The summed E-state index contributed by atoms with van der Waals surface area (Å²) in [7, 11) is 0. The Labute approximate surface area is 158 Å². The summed E-state index contributed by atoms with van der Waals surface area (Å²) in [6.07, 6.45) is 13.1. The Morgan fingerprint density at radius 2 is 1.69 bits per heavy atom. The van der Waals surface area contributed by atoms with Gasteiger partial charge in [-0.2, -0.15) is 0 Å². The molecule has 144 valence electrons. The predicted octanol–water partition coefficient (Wildman–Crippen LogP) is 4.95. The number of nitrogens with zero attached hydrogens (tertiary/aromatic N) is 1. The van der Waals surface area contributed by atoms with E-state index in [9.17, 15) is 4.79 Å².